The Kier molecular flexibility index (Phi) is 7.48. The number of halogens is 5. The summed E-state index contributed by atoms with van der Waals surface area (Å²) < 4.78 is 80.9. The van der Waals surface area contributed by atoms with Crippen LogP contribution in [0.4, 0.5) is 17.6 Å². The number of nitrogens with one attached hydrogen (secondary N) is 1. The number of benzene rings is 1. The molecule has 1 aliphatic rings. The summed E-state index contributed by atoms with van der Waals surface area (Å²) in [4.78, 5) is 16.3. The van der Waals surface area contributed by atoms with E-state index in [0.717, 1.165) is 39.4 Å². The molecule has 3 heterocycles. The Balaban J connectivity index is 1.53. The minimum Gasteiger partial charge on any atom is -0.350 e. The summed E-state index contributed by atoms with van der Waals surface area (Å²) in [6.45, 7) is 5.24. The number of rotatable bonds is 7. The minimum atomic E-state index is -4.60. The Morgan fingerprint density at radius 3 is 2.59 bits per heavy atom. The summed E-state index contributed by atoms with van der Waals surface area (Å²) in [6, 6.07) is 2.63. The van der Waals surface area contributed by atoms with E-state index in [2.05, 4.69) is 22.0 Å². The smallest absolute Gasteiger partial charge is 0.350 e. The first-order valence-corrected chi connectivity index (χ1v) is 13.4. The van der Waals surface area contributed by atoms with Gasteiger partial charge in [0.1, 0.15) is 16.9 Å². The predicted molar refractivity (Wildman–Crippen MR) is 128 cm³/mol. The summed E-state index contributed by atoms with van der Waals surface area (Å²) in [5, 5.41) is 5.58. The Morgan fingerprint density at radius 1 is 1.32 bits per heavy atom. The number of hydrogen-bond donors (Lipinski definition) is 1. The lowest BCUT2D eigenvalue weighted by atomic mass is 10.0. The van der Waals surface area contributed by atoms with Crippen molar-refractivity contribution in [3.05, 3.63) is 70.9 Å². The predicted octanol–water partition coefficient (Wildman–Crippen LogP) is 4.41. The summed E-state index contributed by atoms with van der Waals surface area (Å²) >= 11 is 6.50. The van der Waals surface area contributed by atoms with Gasteiger partial charge < -0.3 is 5.32 Å². The first kappa shape index (κ1) is 27.2. The van der Waals surface area contributed by atoms with Crippen LogP contribution in [0, 0.1) is 11.7 Å². The van der Waals surface area contributed by atoms with E-state index in [1.807, 2.05) is 0 Å². The first-order valence-electron chi connectivity index (χ1n) is 10.8. The molecule has 2 aromatic heterocycles. The van der Waals surface area contributed by atoms with Crippen LogP contribution in [0.15, 0.2) is 54.2 Å². The van der Waals surface area contributed by atoms with Gasteiger partial charge in [0.25, 0.3) is 0 Å². The van der Waals surface area contributed by atoms with Crippen molar-refractivity contribution in [2.45, 2.75) is 43.0 Å². The highest BCUT2D eigenvalue weighted by Gasteiger charge is 2.47. The molecule has 0 radical (unpaired) electrons. The first-order chi connectivity index (χ1) is 17.3. The maximum Gasteiger partial charge on any atom is 0.443 e. The normalized spacial score (nSPS) is 20.8. The average molecular weight is 578 g/mol. The molecule has 1 aromatic carbocycles. The van der Waals surface area contributed by atoms with Crippen molar-refractivity contribution >= 4 is 38.9 Å². The third kappa shape index (κ3) is 5.42. The molecule has 198 valence electrons. The van der Waals surface area contributed by atoms with Gasteiger partial charge in [-0.3, -0.25) is 4.79 Å². The number of nitrogens with zero attached hydrogens (tertiary/aromatic N) is 4. The van der Waals surface area contributed by atoms with Crippen LogP contribution in [0.3, 0.4) is 0 Å². The molecule has 1 saturated heterocycles. The molecule has 0 saturated carbocycles. The highest BCUT2D eigenvalue weighted by molar-refractivity contribution is 7.89. The number of sulfonamides is 1. The van der Waals surface area contributed by atoms with Crippen molar-refractivity contribution in [1.82, 2.24) is 24.4 Å². The summed E-state index contributed by atoms with van der Waals surface area (Å²) in [5.74, 6) is -1.52. The molecule has 37 heavy (non-hydrogen) atoms. The molecule has 15 heteroatoms. The number of aromatic nitrogens is 3. The zero-order chi connectivity index (χ0) is 27.1. The zero-order valence-electron chi connectivity index (χ0n) is 19.1. The zero-order valence-corrected chi connectivity index (χ0v) is 21.5. The van der Waals surface area contributed by atoms with Crippen molar-refractivity contribution in [3.8, 4) is 5.00 Å². The second-order valence-corrected chi connectivity index (χ2v) is 11.5. The van der Waals surface area contributed by atoms with Gasteiger partial charge in [0.2, 0.25) is 15.9 Å². The molecular formula is C22H20ClF4N5O3S2. The van der Waals surface area contributed by atoms with E-state index >= 15 is 0 Å². The van der Waals surface area contributed by atoms with Crippen LogP contribution in [-0.4, -0.2) is 45.5 Å². The van der Waals surface area contributed by atoms with E-state index in [0.29, 0.717) is 16.9 Å². The molecule has 8 nitrogen and oxygen atoms in total. The molecule has 0 aliphatic carbocycles. The van der Waals surface area contributed by atoms with E-state index in [1.165, 1.54) is 6.20 Å². The lowest BCUT2D eigenvalue weighted by Gasteiger charge is -2.27. The van der Waals surface area contributed by atoms with E-state index in [9.17, 15) is 30.8 Å². The summed E-state index contributed by atoms with van der Waals surface area (Å²) in [6.07, 6.45) is -0.486. The van der Waals surface area contributed by atoms with E-state index in [4.69, 9.17) is 11.6 Å². The molecule has 1 N–H and O–H groups in total. The van der Waals surface area contributed by atoms with E-state index < -0.39 is 45.0 Å². The number of amides is 1. The Morgan fingerprint density at radius 2 is 2.00 bits per heavy atom. The number of carbonyl (C=O) groups is 1. The van der Waals surface area contributed by atoms with Gasteiger partial charge in [0.15, 0.2) is 10.2 Å². The molecule has 4 rings (SSSR count). The standard InChI is InChI=1S/C22H20ClF4N5O3S2/c1-3-13-8-17(32(12(13)2)37(34,35)16-6-4-15(24)5-7-16)20(33)28-9-14-11-31(30-19(14)23)18-10-29-21(36-18)22(25,26)27/h3-7,10-13,17H,1,8-9H2,2H3,(H,28,33)/t12-,13+,17-/m0/s1. The van der Waals surface area contributed by atoms with Crippen molar-refractivity contribution in [2.75, 3.05) is 0 Å². The highest BCUT2D eigenvalue weighted by Crippen LogP contribution is 2.36. The second-order valence-electron chi connectivity index (χ2n) is 8.29. The van der Waals surface area contributed by atoms with E-state index in [1.54, 1.807) is 13.0 Å². The topological polar surface area (TPSA) is 97.2 Å². The van der Waals surface area contributed by atoms with Gasteiger partial charge in [-0.1, -0.05) is 29.0 Å². The Bertz CT molecular complexity index is 1420. The van der Waals surface area contributed by atoms with Crippen LogP contribution >= 0.6 is 22.9 Å². The van der Waals surface area contributed by atoms with Crippen LogP contribution in [0.1, 0.15) is 23.9 Å². The minimum absolute atomic E-state index is 0.0539. The van der Waals surface area contributed by atoms with E-state index in [-0.39, 0.29) is 33.9 Å². The van der Waals surface area contributed by atoms with Gasteiger partial charge in [-0.15, -0.1) is 6.58 Å². The lowest BCUT2D eigenvalue weighted by molar-refractivity contribution is -0.137. The molecule has 1 fully saturated rings. The van der Waals surface area contributed by atoms with Crippen molar-refractivity contribution in [2.24, 2.45) is 5.92 Å². The monoisotopic (exact) mass is 577 g/mol. The molecule has 1 aliphatic heterocycles. The quantitative estimate of drug-likeness (QED) is 0.331. The van der Waals surface area contributed by atoms with Gasteiger partial charge in [-0.2, -0.15) is 22.6 Å². The number of alkyl halides is 3. The number of hydrogen-bond acceptors (Lipinski definition) is 6. The second kappa shape index (κ2) is 10.2. The molecule has 0 spiro atoms. The van der Waals surface area contributed by atoms with Gasteiger partial charge >= 0.3 is 6.18 Å². The van der Waals surface area contributed by atoms with Crippen LogP contribution in [0.5, 0.6) is 0 Å². The molecule has 3 aromatic rings. The largest absolute Gasteiger partial charge is 0.443 e. The third-order valence-electron chi connectivity index (χ3n) is 5.97. The van der Waals surface area contributed by atoms with Crippen LogP contribution < -0.4 is 5.32 Å². The number of thiazole rings is 1. The fourth-order valence-corrected chi connectivity index (χ4v) is 6.83. The van der Waals surface area contributed by atoms with Gasteiger partial charge in [0, 0.05) is 24.3 Å². The van der Waals surface area contributed by atoms with Crippen molar-refractivity contribution < 1.29 is 30.8 Å². The summed E-state index contributed by atoms with van der Waals surface area (Å²) in [7, 11) is -4.16. The lowest BCUT2D eigenvalue weighted by Crippen LogP contribution is -2.48. The SMILES string of the molecule is C=C[C@@H]1C[C@@H](C(=O)NCc2cn(-c3cnc(C(F)(F)F)s3)nc2Cl)N(S(=O)(=O)c2ccc(F)cc2)[C@H]1C. The molecule has 1 amide bonds. The van der Waals surface area contributed by atoms with Crippen molar-refractivity contribution in [3.63, 3.8) is 0 Å². The number of carbonyl (C=O) groups excluding carboxylic acids is 1. The fourth-order valence-electron chi connectivity index (χ4n) is 4.08. The van der Waals surface area contributed by atoms with Gasteiger partial charge in [0.05, 0.1) is 11.1 Å². The summed E-state index contributed by atoms with van der Waals surface area (Å²) in [5.41, 5.74) is 0.302. The highest BCUT2D eigenvalue weighted by atomic mass is 35.5. The third-order valence-corrected chi connectivity index (χ3v) is 9.33. The molecule has 3 atom stereocenters. The van der Waals surface area contributed by atoms with Crippen LogP contribution in [-0.2, 0) is 27.5 Å². The molecule has 0 unspecified atom stereocenters. The average Bonchev–Trinajstić information content (AvgIpc) is 3.54. The maximum absolute atomic E-state index is 13.4. The van der Waals surface area contributed by atoms with Gasteiger partial charge in [-0.25, -0.2) is 22.5 Å². The molecule has 0 bridgehead atoms. The Labute approximate surface area is 218 Å². The maximum atomic E-state index is 13.4. The molecular weight excluding hydrogens is 558 g/mol. The van der Waals surface area contributed by atoms with Crippen LogP contribution in [0.25, 0.3) is 5.00 Å². The fraction of sp³-hybridized carbons (Fsp3) is 0.318. The van der Waals surface area contributed by atoms with Gasteiger partial charge in [-0.05, 0) is 43.5 Å². The van der Waals surface area contributed by atoms with Crippen LogP contribution in [0.2, 0.25) is 5.15 Å². The van der Waals surface area contributed by atoms with Crippen molar-refractivity contribution in [1.29, 1.82) is 0 Å². The Hall–Kier alpha value is -2.81.